The highest BCUT2D eigenvalue weighted by atomic mass is 16.5. The molecule has 1 aliphatic rings. The summed E-state index contributed by atoms with van der Waals surface area (Å²) in [5, 5.41) is 13.2. The Bertz CT molecular complexity index is 189. The van der Waals surface area contributed by atoms with Gasteiger partial charge in [-0.15, -0.1) is 0 Å². The first-order chi connectivity index (χ1) is 8.26. The molecule has 3 nitrogen and oxygen atoms in total. The van der Waals surface area contributed by atoms with Gasteiger partial charge in [0.25, 0.3) is 0 Å². The highest BCUT2D eigenvalue weighted by Gasteiger charge is 2.33. The maximum absolute atomic E-state index is 9.59. The first-order valence-corrected chi connectivity index (χ1v) is 7.22. The minimum atomic E-state index is -0.0602. The Morgan fingerprint density at radius 3 is 2.47 bits per heavy atom. The van der Waals surface area contributed by atoms with E-state index in [2.05, 4.69) is 19.2 Å². The fraction of sp³-hybridized carbons (Fsp3) is 1.00. The Morgan fingerprint density at radius 1 is 1.24 bits per heavy atom. The summed E-state index contributed by atoms with van der Waals surface area (Å²) in [6.07, 6.45) is 7.94. The van der Waals surface area contributed by atoms with E-state index in [1.807, 2.05) is 0 Å². The topological polar surface area (TPSA) is 41.5 Å². The maximum atomic E-state index is 9.59. The van der Waals surface area contributed by atoms with Gasteiger partial charge in [0, 0.05) is 24.8 Å². The molecule has 0 amide bonds. The number of rotatable bonds is 11. The molecule has 0 aromatic rings. The van der Waals surface area contributed by atoms with E-state index in [0.717, 1.165) is 38.9 Å². The summed E-state index contributed by atoms with van der Waals surface area (Å²) in [6.45, 7) is 6.29. The van der Waals surface area contributed by atoms with Gasteiger partial charge in [-0.05, 0) is 38.5 Å². The molecular weight excluding hydrogens is 214 g/mol. The van der Waals surface area contributed by atoms with Gasteiger partial charge in [-0.3, -0.25) is 0 Å². The molecule has 1 rings (SSSR count). The SMILES string of the molecule is CCCCOCCCC(CC)(CO)NC1CC1. The second kappa shape index (κ2) is 8.06. The predicted octanol–water partition coefficient (Wildman–Crippen LogP) is 2.48. The minimum Gasteiger partial charge on any atom is -0.394 e. The Morgan fingerprint density at radius 2 is 1.94 bits per heavy atom. The van der Waals surface area contributed by atoms with Crippen LogP contribution in [-0.2, 0) is 4.74 Å². The molecule has 102 valence electrons. The van der Waals surface area contributed by atoms with Gasteiger partial charge in [0.15, 0.2) is 0 Å². The van der Waals surface area contributed by atoms with E-state index in [0.29, 0.717) is 6.04 Å². The summed E-state index contributed by atoms with van der Waals surface area (Å²) in [5.74, 6) is 0. The second-order valence-electron chi connectivity index (χ2n) is 5.28. The highest BCUT2D eigenvalue weighted by molar-refractivity contribution is 4.94. The Hall–Kier alpha value is -0.120. The van der Waals surface area contributed by atoms with Crippen molar-refractivity contribution >= 4 is 0 Å². The molecule has 2 N–H and O–H groups in total. The quantitative estimate of drug-likeness (QED) is 0.548. The van der Waals surface area contributed by atoms with Crippen LogP contribution >= 0.6 is 0 Å². The van der Waals surface area contributed by atoms with E-state index in [1.165, 1.54) is 19.3 Å². The van der Waals surface area contributed by atoms with Gasteiger partial charge in [-0.1, -0.05) is 20.3 Å². The number of aliphatic hydroxyl groups is 1. The van der Waals surface area contributed by atoms with Crippen molar-refractivity contribution in [2.45, 2.75) is 70.4 Å². The van der Waals surface area contributed by atoms with Crippen LogP contribution in [0.4, 0.5) is 0 Å². The van der Waals surface area contributed by atoms with Crippen molar-refractivity contribution in [3.63, 3.8) is 0 Å². The van der Waals surface area contributed by atoms with Gasteiger partial charge in [0.1, 0.15) is 0 Å². The van der Waals surface area contributed by atoms with Crippen LogP contribution in [-0.4, -0.2) is 36.5 Å². The van der Waals surface area contributed by atoms with E-state index >= 15 is 0 Å². The van der Waals surface area contributed by atoms with Crippen molar-refractivity contribution in [3.05, 3.63) is 0 Å². The molecule has 0 aliphatic heterocycles. The Kier molecular flexibility index (Phi) is 7.09. The predicted molar refractivity (Wildman–Crippen MR) is 71.2 cm³/mol. The standard InChI is InChI=1S/C14H29NO2/c1-3-5-10-17-11-6-9-14(4-2,12-16)15-13-7-8-13/h13,15-16H,3-12H2,1-2H3. The summed E-state index contributed by atoms with van der Waals surface area (Å²) >= 11 is 0. The molecule has 1 fully saturated rings. The van der Waals surface area contributed by atoms with Crippen molar-refractivity contribution in [2.75, 3.05) is 19.8 Å². The average molecular weight is 243 g/mol. The molecule has 3 heteroatoms. The third-order valence-electron chi connectivity index (χ3n) is 3.65. The van der Waals surface area contributed by atoms with Crippen molar-refractivity contribution in [3.8, 4) is 0 Å². The lowest BCUT2D eigenvalue weighted by Crippen LogP contribution is -2.49. The fourth-order valence-corrected chi connectivity index (χ4v) is 2.11. The summed E-state index contributed by atoms with van der Waals surface area (Å²) < 4.78 is 5.57. The molecular formula is C14H29NO2. The van der Waals surface area contributed by atoms with E-state index in [4.69, 9.17) is 4.74 Å². The third-order valence-corrected chi connectivity index (χ3v) is 3.65. The monoisotopic (exact) mass is 243 g/mol. The minimum absolute atomic E-state index is 0.0602. The first-order valence-electron chi connectivity index (χ1n) is 7.22. The van der Waals surface area contributed by atoms with Crippen LogP contribution in [0.15, 0.2) is 0 Å². The third kappa shape index (κ3) is 5.84. The van der Waals surface area contributed by atoms with Crippen LogP contribution in [0.1, 0.15) is 58.8 Å². The number of hydrogen-bond donors (Lipinski definition) is 2. The van der Waals surface area contributed by atoms with Gasteiger partial charge in [0.05, 0.1) is 6.61 Å². The zero-order valence-electron chi connectivity index (χ0n) is 11.5. The van der Waals surface area contributed by atoms with Gasteiger partial charge in [-0.25, -0.2) is 0 Å². The first kappa shape index (κ1) is 14.9. The van der Waals surface area contributed by atoms with E-state index in [9.17, 15) is 5.11 Å². The van der Waals surface area contributed by atoms with Crippen LogP contribution in [0, 0.1) is 0 Å². The molecule has 1 aliphatic carbocycles. The number of hydrogen-bond acceptors (Lipinski definition) is 3. The van der Waals surface area contributed by atoms with Crippen molar-refractivity contribution in [1.82, 2.24) is 5.32 Å². The molecule has 0 aromatic carbocycles. The number of unbranched alkanes of at least 4 members (excludes halogenated alkanes) is 1. The number of aliphatic hydroxyl groups excluding tert-OH is 1. The van der Waals surface area contributed by atoms with Gasteiger partial charge in [0.2, 0.25) is 0 Å². The molecule has 0 saturated heterocycles. The molecule has 0 heterocycles. The van der Waals surface area contributed by atoms with Crippen LogP contribution in [0.5, 0.6) is 0 Å². The van der Waals surface area contributed by atoms with Gasteiger partial charge < -0.3 is 15.2 Å². The van der Waals surface area contributed by atoms with Gasteiger partial charge >= 0.3 is 0 Å². The van der Waals surface area contributed by atoms with E-state index < -0.39 is 0 Å². The summed E-state index contributed by atoms with van der Waals surface area (Å²) in [4.78, 5) is 0. The largest absolute Gasteiger partial charge is 0.394 e. The maximum Gasteiger partial charge on any atom is 0.0613 e. The molecule has 0 spiro atoms. The van der Waals surface area contributed by atoms with Crippen LogP contribution < -0.4 is 5.32 Å². The highest BCUT2D eigenvalue weighted by Crippen LogP contribution is 2.26. The summed E-state index contributed by atoms with van der Waals surface area (Å²) in [5.41, 5.74) is -0.0602. The molecule has 1 unspecified atom stereocenters. The molecule has 1 atom stereocenters. The summed E-state index contributed by atoms with van der Waals surface area (Å²) in [7, 11) is 0. The van der Waals surface area contributed by atoms with E-state index in [-0.39, 0.29) is 12.1 Å². The zero-order valence-corrected chi connectivity index (χ0v) is 11.5. The summed E-state index contributed by atoms with van der Waals surface area (Å²) in [6, 6.07) is 0.656. The number of ether oxygens (including phenoxy) is 1. The zero-order chi connectivity index (χ0) is 12.6. The van der Waals surface area contributed by atoms with Crippen LogP contribution in [0.25, 0.3) is 0 Å². The number of nitrogens with one attached hydrogen (secondary N) is 1. The average Bonchev–Trinajstić information content (AvgIpc) is 3.16. The molecule has 0 radical (unpaired) electrons. The van der Waals surface area contributed by atoms with Crippen molar-refractivity contribution < 1.29 is 9.84 Å². The van der Waals surface area contributed by atoms with Crippen molar-refractivity contribution in [1.29, 1.82) is 0 Å². The second-order valence-corrected chi connectivity index (χ2v) is 5.28. The van der Waals surface area contributed by atoms with Crippen LogP contribution in [0.3, 0.4) is 0 Å². The lowest BCUT2D eigenvalue weighted by molar-refractivity contribution is 0.100. The Labute approximate surface area is 106 Å². The van der Waals surface area contributed by atoms with Crippen molar-refractivity contribution in [2.24, 2.45) is 0 Å². The molecule has 0 bridgehead atoms. The normalized spacial score (nSPS) is 19.2. The smallest absolute Gasteiger partial charge is 0.0613 e. The fourth-order valence-electron chi connectivity index (χ4n) is 2.11. The lowest BCUT2D eigenvalue weighted by atomic mass is 9.91. The molecule has 0 aromatic heterocycles. The Balaban J connectivity index is 2.14. The molecule has 17 heavy (non-hydrogen) atoms. The van der Waals surface area contributed by atoms with Crippen LogP contribution in [0.2, 0.25) is 0 Å². The lowest BCUT2D eigenvalue weighted by Gasteiger charge is -2.32. The van der Waals surface area contributed by atoms with E-state index in [1.54, 1.807) is 0 Å². The molecule has 1 saturated carbocycles. The van der Waals surface area contributed by atoms with Gasteiger partial charge in [-0.2, -0.15) is 0 Å².